The van der Waals surface area contributed by atoms with Crippen molar-refractivity contribution in [1.29, 1.82) is 0 Å². The number of piperidine rings is 1. The van der Waals surface area contributed by atoms with Crippen LogP contribution < -0.4 is 5.73 Å². The number of carbonyl (C=O) groups is 1. The van der Waals surface area contributed by atoms with E-state index in [4.69, 9.17) is 10.5 Å². The summed E-state index contributed by atoms with van der Waals surface area (Å²) >= 11 is 0. The summed E-state index contributed by atoms with van der Waals surface area (Å²) in [7, 11) is 0. The third-order valence-corrected chi connectivity index (χ3v) is 3.46. The lowest BCUT2D eigenvalue weighted by Gasteiger charge is -2.39. The molecule has 1 aliphatic rings. The summed E-state index contributed by atoms with van der Waals surface area (Å²) in [5.41, 5.74) is 5.20. The quantitative estimate of drug-likeness (QED) is 0.844. The molecule has 1 fully saturated rings. The fraction of sp³-hybridized carbons (Fsp3) is 0.929. The second-order valence-corrected chi connectivity index (χ2v) is 6.29. The minimum absolute atomic E-state index is 0.170. The molecule has 2 atom stereocenters. The predicted octanol–water partition coefficient (Wildman–Crippen LogP) is 2.76. The molecule has 1 saturated heterocycles. The van der Waals surface area contributed by atoms with E-state index in [-0.39, 0.29) is 12.1 Å². The zero-order valence-corrected chi connectivity index (χ0v) is 12.2. The molecule has 1 rings (SSSR count). The maximum Gasteiger partial charge on any atom is 0.410 e. The number of likely N-dealkylation sites (tertiary alicyclic amines) is 1. The first kappa shape index (κ1) is 15.3. The summed E-state index contributed by atoms with van der Waals surface area (Å²) in [6, 6.07) is 0.289. The van der Waals surface area contributed by atoms with Crippen LogP contribution in [0.2, 0.25) is 0 Å². The maximum absolute atomic E-state index is 12.2. The largest absolute Gasteiger partial charge is 0.444 e. The molecule has 0 aromatic carbocycles. The van der Waals surface area contributed by atoms with Gasteiger partial charge in [0.25, 0.3) is 0 Å². The Morgan fingerprint density at radius 1 is 1.44 bits per heavy atom. The average molecular weight is 256 g/mol. The molecule has 1 aliphatic heterocycles. The van der Waals surface area contributed by atoms with Gasteiger partial charge in [-0.15, -0.1) is 0 Å². The van der Waals surface area contributed by atoms with Crippen molar-refractivity contribution in [1.82, 2.24) is 4.90 Å². The molecule has 2 N–H and O–H groups in total. The molecule has 0 aromatic heterocycles. The van der Waals surface area contributed by atoms with Crippen molar-refractivity contribution < 1.29 is 9.53 Å². The third-order valence-electron chi connectivity index (χ3n) is 3.46. The molecule has 18 heavy (non-hydrogen) atoms. The van der Waals surface area contributed by atoms with Crippen molar-refractivity contribution in [2.24, 2.45) is 11.7 Å². The standard InChI is InChI=1S/C14H28N2O2/c1-11(8-9-15)12-7-5-6-10-16(12)13(17)18-14(2,3)4/h11-12H,5-10,15H2,1-4H3. The Bertz CT molecular complexity index is 273. The molecule has 4 heteroatoms. The molecule has 0 aliphatic carbocycles. The molecular weight excluding hydrogens is 228 g/mol. The second kappa shape index (κ2) is 6.41. The summed E-state index contributed by atoms with van der Waals surface area (Å²) in [5.74, 6) is 0.447. The van der Waals surface area contributed by atoms with Crippen LogP contribution in [0, 0.1) is 5.92 Å². The van der Waals surface area contributed by atoms with Gasteiger partial charge in [0.05, 0.1) is 0 Å². The molecule has 0 bridgehead atoms. The predicted molar refractivity (Wildman–Crippen MR) is 73.4 cm³/mol. The number of carbonyl (C=O) groups excluding carboxylic acids is 1. The fourth-order valence-electron chi connectivity index (χ4n) is 2.55. The Balaban J connectivity index is 2.67. The fourth-order valence-corrected chi connectivity index (χ4v) is 2.55. The zero-order chi connectivity index (χ0) is 13.8. The highest BCUT2D eigenvalue weighted by molar-refractivity contribution is 5.68. The van der Waals surface area contributed by atoms with Crippen LogP contribution in [-0.2, 0) is 4.74 Å². The Morgan fingerprint density at radius 2 is 2.11 bits per heavy atom. The van der Waals surface area contributed by atoms with Gasteiger partial charge in [0, 0.05) is 12.6 Å². The van der Waals surface area contributed by atoms with E-state index in [0.29, 0.717) is 12.5 Å². The SMILES string of the molecule is CC(CCN)C1CCCCN1C(=O)OC(C)(C)C. The Labute approximate surface area is 111 Å². The topological polar surface area (TPSA) is 55.6 Å². The van der Waals surface area contributed by atoms with Crippen molar-refractivity contribution >= 4 is 6.09 Å². The number of ether oxygens (including phenoxy) is 1. The summed E-state index contributed by atoms with van der Waals surface area (Å²) in [6.45, 7) is 9.40. The third kappa shape index (κ3) is 4.48. The highest BCUT2D eigenvalue weighted by Crippen LogP contribution is 2.26. The lowest BCUT2D eigenvalue weighted by atomic mass is 9.89. The number of hydrogen-bond acceptors (Lipinski definition) is 3. The van der Waals surface area contributed by atoms with Gasteiger partial charge in [-0.2, -0.15) is 0 Å². The van der Waals surface area contributed by atoms with Crippen LogP contribution in [0.4, 0.5) is 4.79 Å². The van der Waals surface area contributed by atoms with E-state index in [1.807, 2.05) is 25.7 Å². The molecular formula is C14H28N2O2. The lowest BCUT2D eigenvalue weighted by molar-refractivity contribution is 0.00222. The van der Waals surface area contributed by atoms with Crippen LogP contribution in [0.1, 0.15) is 53.4 Å². The maximum atomic E-state index is 12.2. The van der Waals surface area contributed by atoms with E-state index in [1.165, 1.54) is 6.42 Å². The van der Waals surface area contributed by atoms with Gasteiger partial charge in [-0.1, -0.05) is 6.92 Å². The van der Waals surface area contributed by atoms with E-state index in [9.17, 15) is 4.79 Å². The number of hydrogen-bond donors (Lipinski definition) is 1. The van der Waals surface area contributed by atoms with Crippen LogP contribution in [0.5, 0.6) is 0 Å². The average Bonchev–Trinajstić information content (AvgIpc) is 2.27. The minimum atomic E-state index is -0.420. The monoisotopic (exact) mass is 256 g/mol. The summed E-state index contributed by atoms with van der Waals surface area (Å²) < 4.78 is 5.49. The van der Waals surface area contributed by atoms with E-state index in [2.05, 4.69) is 6.92 Å². The van der Waals surface area contributed by atoms with Crippen LogP contribution in [0.25, 0.3) is 0 Å². The van der Waals surface area contributed by atoms with Crippen molar-refractivity contribution in [2.75, 3.05) is 13.1 Å². The van der Waals surface area contributed by atoms with Crippen molar-refractivity contribution in [2.45, 2.75) is 65.0 Å². The van der Waals surface area contributed by atoms with Crippen molar-refractivity contribution in [3.05, 3.63) is 0 Å². The summed E-state index contributed by atoms with van der Waals surface area (Å²) in [5, 5.41) is 0. The van der Waals surface area contributed by atoms with E-state index < -0.39 is 5.60 Å². The van der Waals surface area contributed by atoms with Crippen LogP contribution in [0.15, 0.2) is 0 Å². The molecule has 2 unspecified atom stereocenters. The Hall–Kier alpha value is -0.770. The highest BCUT2D eigenvalue weighted by Gasteiger charge is 2.33. The first-order valence-electron chi connectivity index (χ1n) is 7.05. The molecule has 106 valence electrons. The van der Waals surface area contributed by atoms with Crippen LogP contribution in [-0.4, -0.2) is 35.7 Å². The first-order valence-corrected chi connectivity index (χ1v) is 7.05. The molecule has 0 radical (unpaired) electrons. The van der Waals surface area contributed by atoms with E-state index in [0.717, 1.165) is 25.8 Å². The normalized spacial score (nSPS) is 22.7. The highest BCUT2D eigenvalue weighted by atomic mass is 16.6. The second-order valence-electron chi connectivity index (χ2n) is 6.29. The molecule has 1 heterocycles. The molecule has 0 aromatic rings. The van der Waals surface area contributed by atoms with Gasteiger partial charge in [0.1, 0.15) is 5.60 Å². The summed E-state index contributed by atoms with van der Waals surface area (Å²) in [6.07, 6.45) is 4.13. The van der Waals surface area contributed by atoms with E-state index >= 15 is 0 Å². The van der Waals surface area contributed by atoms with Crippen molar-refractivity contribution in [3.8, 4) is 0 Å². The van der Waals surface area contributed by atoms with Crippen LogP contribution in [0.3, 0.4) is 0 Å². The Kier molecular flexibility index (Phi) is 5.45. The molecule has 4 nitrogen and oxygen atoms in total. The number of amides is 1. The number of nitrogens with two attached hydrogens (primary N) is 1. The zero-order valence-electron chi connectivity index (χ0n) is 12.2. The Morgan fingerprint density at radius 3 is 2.67 bits per heavy atom. The minimum Gasteiger partial charge on any atom is -0.444 e. The van der Waals surface area contributed by atoms with Gasteiger partial charge in [-0.25, -0.2) is 4.79 Å². The first-order chi connectivity index (χ1) is 8.35. The van der Waals surface area contributed by atoms with Gasteiger partial charge >= 0.3 is 6.09 Å². The molecule has 1 amide bonds. The lowest BCUT2D eigenvalue weighted by Crippen LogP contribution is -2.49. The summed E-state index contributed by atoms with van der Waals surface area (Å²) in [4.78, 5) is 14.1. The van der Waals surface area contributed by atoms with Gasteiger partial charge in [0.15, 0.2) is 0 Å². The van der Waals surface area contributed by atoms with Gasteiger partial charge in [0.2, 0.25) is 0 Å². The molecule has 0 spiro atoms. The molecule has 0 saturated carbocycles. The van der Waals surface area contributed by atoms with Crippen molar-refractivity contribution in [3.63, 3.8) is 0 Å². The van der Waals surface area contributed by atoms with Gasteiger partial charge in [-0.3, -0.25) is 0 Å². The number of nitrogens with zero attached hydrogens (tertiary/aromatic N) is 1. The smallest absolute Gasteiger partial charge is 0.410 e. The number of rotatable bonds is 3. The van der Waals surface area contributed by atoms with Crippen LogP contribution >= 0.6 is 0 Å². The van der Waals surface area contributed by atoms with Gasteiger partial charge < -0.3 is 15.4 Å². The van der Waals surface area contributed by atoms with E-state index in [1.54, 1.807) is 0 Å². The van der Waals surface area contributed by atoms with Gasteiger partial charge in [-0.05, 0) is 58.9 Å².